The first kappa shape index (κ1) is 8.20. The van der Waals surface area contributed by atoms with Crippen molar-refractivity contribution in [2.24, 2.45) is 5.41 Å². The van der Waals surface area contributed by atoms with Gasteiger partial charge in [0.25, 0.3) is 0 Å². The van der Waals surface area contributed by atoms with E-state index in [9.17, 15) is 4.79 Å². The molecule has 2 saturated heterocycles. The van der Waals surface area contributed by atoms with Crippen molar-refractivity contribution in [2.45, 2.75) is 25.3 Å². The number of rotatable bonds is 1. The van der Waals surface area contributed by atoms with Crippen LogP contribution in [0.3, 0.4) is 0 Å². The third kappa shape index (κ3) is 1.39. The summed E-state index contributed by atoms with van der Waals surface area (Å²) in [4.78, 5) is 10.4. The van der Waals surface area contributed by atoms with Gasteiger partial charge in [-0.1, -0.05) is 0 Å². The second-order valence-corrected chi connectivity index (χ2v) is 4.01. The predicted octanol–water partition coefficient (Wildman–Crippen LogP) is -0.172. The molecule has 0 bridgehead atoms. The summed E-state index contributed by atoms with van der Waals surface area (Å²) in [5, 5.41) is 6.56. The minimum atomic E-state index is 0.00287. The van der Waals surface area contributed by atoms with Gasteiger partial charge in [0.15, 0.2) is 0 Å². The normalized spacial score (nSPS) is 33.8. The van der Waals surface area contributed by atoms with Gasteiger partial charge in [-0.25, -0.2) is 0 Å². The molecule has 0 saturated carbocycles. The van der Waals surface area contributed by atoms with Crippen LogP contribution in [0.15, 0.2) is 0 Å². The fraction of sp³-hybridized carbons (Fsp3) is 0.889. The molecule has 3 heteroatoms. The summed E-state index contributed by atoms with van der Waals surface area (Å²) < 4.78 is 0. The molecule has 12 heavy (non-hydrogen) atoms. The van der Waals surface area contributed by atoms with E-state index >= 15 is 0 Å². The van der Waals surface area contributed by atoms with Crippen molar-refractivity contribution in [3.05, 3.63) is 0 Å². The summed E-state index contributed by atoms with van der Waals surface area (Å²) in [5.74, 6) is 0. The van der Waals surface area contributed by atoms with Crippen molar-refractivity contribution in [3.8, 4) is 0 Å². The lowest BCUT2D eigenvalue weighted by Gasteiger charge is -2.32. The Balaban J connectivity index is 1.98. The second-order valence-electron chi connectivity index (χ2n) is 4.01. The van der Waals surface area contributed by atoms with Gasteiger partial charge in [0.1, 0.15) is 0 Å². The average molecular weight is 167 g/mol. The number of hydrogen-bond donors (Lipinski definition) is 2. The topological polar surface area (TPSA) is 41.1 Å². The molecule has 2 rings (SSSR count). The first-order valence-corrected chi connectivity index (χ1v) is 4.66. The lowest BCUT2D eigenvalue weighted by Crippen LogP contribution is -2.37. The molecule has 1 radical (unpaired) electrons. The molecule has 0 aromatic carbocycles. The fourth-order valence-corrected chi connectivity index (χ4v) is 2.34. The molecule has 2 aliphatic rings. The second kappa shape index (κ2) is 3.15. The minimum Gasteiger partial charge on any atom is -0.317 e. The molecular formula is C9H15N2O. The van der Waals surface area contributed by atoms with Crippen LogP contribution in [-0.4, -0.2) is 32.0 Å². The van der Waals surface area contributed by atoms with Crippen molar-refractivity contribution >= 4 is 6.29 Å². The van der Waals surface area contributed by atoms with Gasteiger partial charge < -0.3 is 10.6 Å². The van der Waals surface area contributed by atoms with E-state index in [2.05, 4.69) is 16.9 Å². The Morgan fingerprint density at radius 1 is 1.33 bits per heavy atom. The summed E-state index contributed by atoms with van der Waals surface area (Å²) in [5.41, 5.74) is 0.410. The standard InChI is InChI=1S/C9H15N2O/c12-6-8-5-9(7-11-8)1-3-10-4-2-9/h8,10-11H,1-5,7H2. The molecule has 0 aromatic heterocycles. The number of hydrogen-bond acceptors (Lipinski definition) is 3. The zero-order valence-corrected chi connectivity index (χ0v) is 7.23. The predicted molar refractivity (Wildman–Crippen MR) is 46.6 cm³/mol. The van der Waals surface area contributed by atoms with E-state index in [0.717, 1.165) is 26.1 Å². The monoisotopic (exact) mass is 167 g/mol. The lowest BCUT2D eigenvalue weighted by molar-refractivity contribution is 0.227. The maximum Gasteiger partial charge on any atom is 0.216 e. The molecule has 2 heterocycles. The third-order valence-corrected chi connectivity index (χ3v) is 3.17. The van der Waals surface area contributed by atoms with Gasteiger partial charge in [0.2, 0.25) is 6.29 Å². The van der Waals surface area contributed by atoms with E-state index in [4.69, 9.17) is 0 Å². The molecule has 67 valence electrons. The molecule has 3 nitrogen and oxygen atoms in total. The highest BCUT2D eigenvalue weighted by Gasteiger charge is 2.39. The fourth-order valence-electron chi connectivity index (χ4n) is 2.34. The van der Waals surface area contributed by atoms with E-state index in [0.29, 0.717) is 5.41 Å². The number of piperidine rings is 1. The van der Waals surface area contributed by atoms with E-state index in [1.807, 2.05) is 0 Å². The van der Waals surface area contributed by atoms with Crippen LogP contribution in [0.4, 0.5) is 0 Å². The zero-order valence-electron chi connectivity index (χ0n) is 7.23. The van der Waals surface area contributed by atoms with Gasteiger partial charge in [0.05, 0.1) is 6.04 Å². The Morgan fingerprint density at radius 2 is 2.08 bits per heavy atom. The van der Waals surface area contributed by atoms with Gasteiger partial charge in [-0.05, 0) is 37.8 Å². The third-order valence-electron chi connectivity index (χ3n) is 3.17. The highest BCUT2D eigenvalue weighted by Crippen LogP contribution is 2.36. The first-order chi connectivity index (χ1) is 5.85. The quantitative estimate of drug-likeness (QED) is 0.569. The van der Waals surface area contributed by atoms with Crippen molar-refractivity contribution < 1.29 is 4.79 Å². The maximum absolute atomic E-state index is 10.4. The highest BCUT2D eigenvalue weighted by molar-refractivity contribution is 5.59. The van der Waals surface area contributed by atoms with E-state index in [1.54, 1.807) is 0 Å². The Morgan fingerprint density at radius 3 is 2.67 bits per heavy atom. The summed E-state index contributed by atoms with van der Waals surface area (Å²) in [6.45, 7) is 3.22. The smallest absolute Gasteiger partial charge is 0.216 e. The summed E-state index contributed by atoms with van der Waals surface area (Å²) >= 11 is 0. The molecule has 1 atom stereocenters. The van der Waals surface area contributed by atoms with Crippen molar-refractivity contribution in [1.82, 2.24) is 10.6 Å². The average Bonchev–Trinajstić information content (AvgIpc) is 2.50. The number of carbonyl (C=O) groups excluding carboxylic acids is 1. The molecule has 2 aliphatic heterocycles. The van der Waals surface area contributed by atoms with Crippen LogP contribution in [-0.2, 0) is 4.79 Å². The Bertz CT molecular complexity index is 175. The Hall–Kier alpha value is -0.410. The van der Waals surface area contributed by atoms with Crippen LogP contribution in [0.25, 0.3) is 0 Å². The van der Waals surface area contributed by atoms with Crippen LogP contribution in [0, 0.1) is 5.41 Å². The van der Waals surface area contributed by atoms with Crippen molar-refractivity contribution in [1.29, 1.82) is 0 Å². The first-order valence-electron chi connectivity index (χ1n) is 4.66. The van der Waals surface area contributed by atoms with Crippen molar-refractivity contribution in [3.63, 3.8) is 0 Å². The van der Waals surface area contributed by atoms with Gasteiger partial charge >= 0.3 is 0 Å². The summed E-state index contributed by atoms with van der Waals surface area (Å²) in [6.07, 6.45) is 5.47. The molecule has 2 fully saturated rings. The van der Waals surface area contributed by atoms with Crippen molar-refractivity contribution in [2.75, 3.05) is 19.6 Å². The summed E-state index contributed by atoms with van der Waals surface area (Å²) in [6, 6.07) is 0.00287. The molecule has 0 aromatic rings. The van der Waals surface area contributed by atoms with Gasteiger partial charge in [-0.2, -0.15) is 0 Å². The maximum atomic E-state index is 10.4. The van der Waals surface area contributed by atoms with Crippen LogP contribution in [0.1, 0.15) is 19.3 Å². The molecule has 1 spiro atoms. The minimum absolute atomic E-state index is 0.00287. The van der Waals surface area contributed by atoms with Crippen LogP contribution in [0.2, 0.25) is 0 Å². The Labute approximate surface area is 72.9 Å². The van der Waals surface area contributed by atoms with Gasteiger partial charge in [-0.3, -0.25) is 4.79 Å². The van der Waals surface area contributed by atoms with Gasteiger partial charge in [0, 0.05) is 6.54 Å². The SMILES string of the molecule is O=[C]C1CC2(CCNCC2)CN1. The molecule has 2 N–H and O–H groups in total. The van der Waals surface area contributed by atoms with Crippen LogP contribution < -0.4 is 10.6 Å². The summed E-state index contributed by atoms with van der Waals surface area (Å²) in [7, 11) is 0. The highest BCUT2D eigenvalue weighted by atomic mass is 16.1. The van der Waals surface area contributed by atoms with Gasteiger partial charge in [-0.15, -0.1) is 0 Å². The molecule has 0 aliphatic carbocycles. The van der Waals surface area contributed by atoms with E-state index in [-0.39, 0.29) is 6.04 Å². The van der Waals surface area contributed by atoms with Crippen LogP contribution in [0.5, 0.6) is 0 Å². The van der Waals surface area contributed by atoms with E-state index in [1.165, 1.54) is 12.8 Å². The molecule has 0 amide bonds. The lowest BCUT2D eigenvalue weighted by atomic mass is 9.77. The number of nitrogens with one attached hydrogen (secondary N) is 2. The largest absolute Gasteiger partial charge is 0.317 e. The van der Waals surface area contributed by atoms with E-state index < -0.39 is 0 Å². The van der Waals surface area contributed by atoms with Crippen LogP contribution >= 0.6 is 0 Å². The molecular weight excluding hydrogens is 152 g/mol. The molecule has 1 unspecified atom stereocenters. The zero-order chi connectivity index (χ0) is 8.44. The Kier molecular flexibility index (Phi) is 2.15.